The SMILES string of the molecule is CC1CC(N2C[C@@H](C#N)N(c3cncc4ccccc34)C2=O)C1. The van der Waals surface area contributed by atoms with Crippen LogP contribution in [0.25, 0.3) is 10.8 Å². The Hall–Kier alpha value is -2.61. The Kier molecular flexibility index (Phi) is 3.19. The molecule has 5 heteroatoms. The molecule has 1 atom stereocenters. The minimum Gasteiger partial charge on any atom is -0.318 e. The molecule has 0 radical (unpaired) electrons. The maximum Gasteiger partial charge on any atom is 0.326 e. The average molecular weight is 306 g/mol. The van der Waals surface area contributed by atoms with E-state index >= 15 is 0 Å². The number of hydrogen-bond donors (Lipinski definition) is 0. The third-order valence-electron chi connectivity index (χ3n) is 4.98. The molecule has 1 aliphatic carbocycles. The zero-order valence-electron chi connectivity index (χ0n) is 13.0. The van der Waals surface area contributed by atoms with Crippen molar-refractivity contribution in [3.63, 3.8) is 0 Å². The summed E-state index contributed by atoms with van der Waals surface area (Å²) in [7, 11) is 0. The highest BCUT2D eigenvalue weighted by molar-refractivity contribution is 6.04. The van der Waals surface area contributed by atoms with Crippen LogP contribution in [0.4, 0.5) is 10.5 Å². The summed E-state index contributed by atoms with van der Waals surface area (Å²) in [6, 6.07) is 9.89. The number of fused-ring (bicyclic) bond motifs is 1. The van der Waals surface area contributed by atoms with Gasteiger partial charge in [0, 0.05) is 23.0 Å². The molecule has 1 aromatic carbocycles. The number of pyridine rings is 1. The predicted octanol–water partition coefficient (Wildman–Crippen LogP) is 3.17. The smallest absolute Gasteiger partial charge is 0.318 e. The van der Waals surface area contributed by atoms with Crippen molar-refractivity contribution in [3.8, 4) is 6.07 Å². The van der Waals surface area contributed by atoms with E-state index in [1.54, 1.807) is 17.3 Å². The van der Waals surface area contributed by atoms with Crippen molar-refractivity contribution in [3.05, 3.63) is 36.7 Å². The van der Waals surface area contributed by atoms with Gasteiger partial charge in [0.05, 0.1) is 24.5 Å². The number of carbonyl (C=O) groups is 1. The summed E-state index contributed by atoms with van der Waals surface area (Å²) >= 11 is 0. The molecular formula is C18H18N4O. The first-order valence-corrected chi connectivity index (χ1v) is 8.01. The Bertz CT molecular complexity index is 801. The molecule has 1 saturated carbocycles. The number of amides is 2. The summed E-state index contributed by atoms with van der Waals surface area (Å²) in [6.45, 7) is 2.68. The third kappa shape index (κ3) is 2.14. The lowest BCUT2D eigenvalue weighted by atomic mass is 9.81. The molecule has 0 N–H and O–H groups in total. The maximum atomic E-state index is 12.9. The number of urea groups is 1. The van der Waals surface area contributed by atoms with E-state index in [4.69, 9.17) is 0 Å². The molecular weight excluding hydrogens is 288 g/mol. The molecule has 1 aromatic heterocycles. The van der Waals surface area contributed by atoms with Crippen LogP contribution in [0.1, 0.15) is 19.8 Å². The molecule has 23 heavy (non-hydrogen) atoms. The first-order valence-electron chi connectivity index (χ1n) is 8.01. The van der Waals surface area contributed by atoms with Crippen LogP contribution in [0.15, 0.2) is 36.7 Å². The zero-order valence-corrected chi connectivity index (χ0v) is 13.0. The highest BCUT2D eigenvalue weighted by Crippen LogP contribution is 2.37. The topological polar surface area (TPSA) is 60.2 Å². The van der Waals surface area contributed by atoms with Crippen molar-refractivity contribution in [1.29, 1.82) is 5.26 Å². The number of nitrogens with zero attached hydrogens (tertiary/aromatic N) is 4. The van der Waals surface area contributed by atoms with Crippen LogP contribution in [-0.2, 0) is 0 Å². The molecule has 2 heterocycles. The fourth-order valence-electron chi connectivity index (χ4n) is 3.70. The van der Waals surface area contributed by atoms with Gasteiger partial charge in [-0.3, -0.25) is 9.88 Å². The van der Waals surface area contributed by atoms with Gasteiger partial charge in [0.15, 0.2) is 0 Å². The second-order valence-electron chi connectivity index (χ2n) is 6.56. The van der Waals surface area contributed by atoms with Gasteiger partial charge in [0.1, 0.15) is 6.04 Å². The van der Waals surface area contributed by atoms with E-state index in [0.717, 1.165) is 29.3 Å². The van der Waals surface area contributed by atoms with Crippen molar-refractivity contribution >= 4 is 22.5 Å². The van der Waals surface area contributed by atoms with E-state index in [0.29, 0.717) is 12.5 Å². The molecule has 0 bridgehead atoms. The minimum atomic E-state index is -0.453. The largest absolute Gasteiger partial charge is 0.326 e. The van der Waals surface area contributed by atoms with Crippen LogP contribution in [0.3, 0.4) is 0 Å². The zero-order chi connectivity index (χ0) is 16.0. The summed E-state index contributed by atoms with van der Waals surface area (Å²) in [5, 5.41) is 11.5. The van der Waals surface area contributed by atoms with Gasteiger partial charge in [0.25, 0.3) is 0 Å². The Morgan fingerprint density at radius 2 is 2.04 bits per heavy atom. The van der Waals surface area contributed by atoms with Gasteiger partial charge in [-0.1, -0.05) is 31.2 Å². The van der Waals surface area contributed by atoms with E-state index in [9.17, 15) is 10.1 Å². The Balaban J connectivity index is 1.74. The molecule has 2 aliphatic rings. The molecule has 1 aliphatic heterocycles. The van der Waals surface area contributed by atoms with Crippen molar-refractivity contribution < 1.29 is 4.79 Å². The first kappa shape index (κ1) is 14.0. The van der Waals surface area contributed by atoms with Crippen molar-refractivity contribution in [1.82, 2.24) is 9.88 Å². The average Bonchev–Trinajstić information content (AvgIpc) is 2.87. The lowest BCUT2D eigenvalue weighted by Gasteiger charge is -2.39. The molecule has 2 aromatic rings. The number of nitriles is 1. The number of hydrogen-bond acceptors (Lipinski definition) is 3. The van der Waals surface area contributed by atoms with Gasteiger partial charge >= 0.3 is 6.03 Å². The normalized spacial score (nSPS) is 27.1. The van der Waals surface area contributed by atoms with Gasteiger partial charge in [-0.2, -0.15) is 5.26 Å². The Morgan fingerprint density at radius 1 is 1.26 bits per heavy atom. The minimum absolute atomic E-state index is 0.0633. The van der Waals surface area contributed by atoms with Crippen molar-refractivity contribution in [2.45, 2.75) is 31.8 Å². The Morgan fingerprint density at radius 3 is 2.78 bits per heavy atom. The van der Waals surface area contributed by atoms with Crippen LogP contribution in [-0.4, -0.2) is 34.5 Å². The number of benzene rings is 1. The van der Waals surface area contributed by atoms with Gasteiger partial charge in [-0.15, -0.1) is 0 Å². The number of aromatic nitrogens is 1. The molecule has 0 spiro atoms. The van der Waals surface area contributed by atoms with E-state index in [-0.39, 0.29) is 12.1 Å². The lowest BCUT2D eigenvalue weighted by Crippen LogP contribution is -2.46. The summed E-state index contributed by atoms with van der Waals surface area (Å²) in [4.78, 5) is 20.7. The fraction of sp³-hybridized carbons (Fsp3) is 0.389. The molecule has 116 valence electrons. The third-order valence-corrected chi connectivity index (χ3v) is 4.98. The molecule has 4 rings (SSSR count). The fourth-order valence-corrected chi connectivity index (χ4v) is 3.70. The molecule has 2 amide bonds. The lowest BCUT2D eigenvalue weighted by molar-refractivity contribution is 0.125. The van der Waals surface area contributed by atoms with E-state index in [2.05, 4.69) is 18.0 Å². The molecule has 1 saturated heterocycles. The van der Waals surface area contributed by atoms with Crippen LogP contribution in [0.5, 0.6) is 0 Å². The molecule has 2 fully saturated rings. The second-order valence-corrected chi connectivity index (χ2v) is 6.56. The number of anilines is 1. The van der Waals surface area contributed by atoms with Crippen molar-refractivity contribution in [2.75, 3.05) is 11.4 Å². The van der Waals surface area contributed by atoms with E-state index < -0.39 is 6.04 Å². The summed E-state index contributed by atoms with van der Waals surface area (Å²) in [5.74, 6) is 0.668. The quantitative estimate of drug-likeness (QED) is 0.856. The van der Waals surface area contributed by atoms with Gasteiger partial charge < -0.3 is 4.90 Å². The Labute approximate surface area is 135 Å². The van der Waals surface area contributed by atoms with Crippen LogP contribution in [0.2, 0.25) is 0 Å². The number of rotatable bonds is 2. The van der Waals surface area contributed by atoms with Crippen LogP contribution >= 0.6 is 0 Å². The standard InChI is InChI=1S/C18H18N4O/c1-12-6-14(7-12)21-11-15(8-19)22(18(21)23)17-10-20-9-13-4-2-3-5-16(13)17/h2-5,9-10,12,14-15H,6-7,11H2,1H3/t12?,14?,15-/m1/s1. The highest BCUT2D eigenvalue weighted by Gasteiger charge is 2.45. The van der Waals surface area contributed by atoms with Crippen LogP contribution in [0, 0.1) is 17.2 Å². The summed E-state index contributed by atoms with van der Waals surface area (Å²) in [6.07, 6.45) is 5.54. The predicted molar refractivity (Wildman–Crippen MR) is 87.9 cm³/mol. The monoisotopic (exact) mass is 306 g/mol. The number of carbonyl (C=O) groups excluding carboxylic acids is 1. The van der Waals surface area contributed by atoms with Crippen molar-refractivity contribution in [2.24, 2.45) is 5.92 Å². The maximum absolute atomic E-state index is 12.9. The first-order chi connectivity index (χ1) is 11.2. The summed E-state index contributed by atoms with van der Waals surface area (Å²) in [5.41, 5.74) is 0.731. The molecule has 5 nitrogen and oxygen atoms in total. The van der Waals surface area contributed by atoms with E-state index in [1.165, 1.54) is 0 Å². The highest BCUT2D eigenvalue weighted by atomic mass is 16.2. The van der Waals surface area contributed by atoms with Crippen LogP contribution < -0.4 is 4.90 Å². The van der Waals surface area contributed by atoms with E-state index in [1.807, 2.05) is 29.2 Å². The van der Waals surface area contributed by atoms with Gasteiger partial charge in [0.2, 0.25) is 0 Å². The van der Waals surface area contributed by atoms with Gasteiger partial charge in [-0.25, -0.2) is 4.79 Å². The second kappa shape index (κ2) is 5.24. The summed E-state index contributed by atoms with van der Waals surface area (Å²) < 4.78 is 0. The van der Waals surface area contributed by atoms with Gasteiger partial charge in [-0.05, 0) is 18.8 Å². The molecule has 0 unspecified atom stereocenters.